The number of rotatable bonds is 10. The van der Waals surface area contributed by atoms with Crippen LogP contribution in [0.5, 0.6) is 11.5 Å². The summed E-state index contributed by atoms with van der Waals surface area (Å²) in [6.45, 7) is 4.12. The molecular formula is C33H35F3O4. The summed E-state index contributed by atoms with van der Waals surface area (Å²) in [6, 6.07) is 12.2. The van der Waals surface area contributed by atoms with Gasteiger partial charge in [0.15, 0.2) is 11.6 Å². The predicted octanol–water partition coefficient (Wildman–Crippen LogP) is 8.62. The van der Waals surface area contributed by atoms with Gasteiger partial charge in [0, 0.05) is 17.0 Å². The predicted molar refractivity (Wildman–Crippen MR) is 147 cm³/mol. The van der Waals surface area contributed by atoms with Crippen molar-refractivity contribution in [2.24, 2.45) is 11.3 Å². The normalized spacial score (nSPS) is 18.9. The molecule has 0 saturated heterocycles. The number of hydrogen-bond acceptors (Lipinski definition) is 3. The monoisotopic (exact) mass is 552 g/mol. The standard InChI is InChI=1S/C33H35F3O4/c1-33(2)13-5-7-27(33)25-14-20(29(35)16-24(25)26-15-21(39-3)11-12-28(26)34)18-40-30-8-4-6-22(32(30)36)23(17-31(37)38)19-9-10-19/h4,6,8,11-12,14-16,19,23,27H,5,7,9-10,13,17-18H2,1-3H3,(H,37,38)/t23?,27-/m1/s1. The number of halogens is 3. The molecular weight excluding hydrogens is 517 g/mol. The van der Waals surface area contributed by atoms with E-state index >= 15 is 13.2 Å². The Hall–Kier alpha value is -3.48. The lowest BCUT2D eigenvalue weighted by molar-refractivity contribution is -0.137. The van der Waals surface area contributed by atoms with Crippen LogP contribution in [-0.4, -0.2) is 18.2 Å². The topological polar surface area (TPSA) is 55.8 Å². The molecule has 3 aromatic rings. The first-order chi connectivity index (χ1) is 19.1. The number of carboxylic acids is 1. The van der Waals surface area contributed by atoms with E-state index in [1.165, 1.54) is 31.4 Å². The van der Waals surface area contributed by atoms with E-state index in [0.717, 1.165) is 37.7 Å². The molecule has 2 saturated carbocycles. The molecule has 4 nitrogen and oxygen atoms in total. The highest BCUT2D eigenvalue weighted by molar-refractivity contribution is 5.71. The zero-order valence-corrected chi connectivity index (χ0v) is 23.1. The van der Waals surface area contributed by atoms with E-state index in [9.17, 15) is 9.90 Å². The Morgan fingerprint density at radius 2 is 1.80 bits per heavy atom. The SMILES string of the molecule is COc1ccc(F)c(-c2cc(F)c(COc3cccc(C(CC(=O)O)C4CC4)c3F)cc2[C@H]2CCCC2(C)C)c1. The van der Waals surface area contributed by atoms with Crippen molar-refractivity contribution in [1.29, 1.82) is 0 Å². The number of carboxylic acid groups (broad SMARTS) is 1. The molecule has 1 unspecified atom stereocenters. The highest BCUT2D eigenvalue weighted by Gasteiger charge is 2.38. The van der Waals surface area contributed by atoms with Crippen molar-refractivity contribution < 1.29 is 32.5 Å². The maximum atomic E-state index is 15.6. The minimum Gasteiger partial charge on any atom is -0.497 e. The van der Waals surface area contributed by atoms with Gasteiger partial charge in [0.25, 0.3) is 0 Å². The van der Waals surface area contributed by atoms with Crippen molar-refractivity contribution in [3.8, 4) is 22.6 Å². The fourth-order valence-electron chi connectivity index (χ4n) is 6.31. The number of ether oxygens (including phenoxy) is 2. The van der Waals surface area contributed by atoms with Crippen molar-refractivity contribution in [3.63, 3.8) is 0 Å². The van der Waals surface area contributed by atoms with E-state index in [1.54, 1.807) is 24.3 Å². The Morgan fingerprint density at radius 1 is 1.02 bits per heavy atom. The van der Waals surface area contributed by atoms with Crippen LogP contribution in [0.3, 0.4) is 0 Å². The molecule has 0 aliphatic heterocycles. The lowest BCUT2D eigenvalue weighted by Crippen LogP contribution is -2.17. The van der Waals surface area contributed by atoms with Gasteiger partial charge in [0.1, 0.15) is 24.0 Å². The van der Waals surface area contributed by atoms with Gasteiger partial charge in [-0.25, -0.2) is 13.2 Å². The van der Waals surface area contributed by atoms with Crippen LogP contribution in [0, 0.1) is 28.8 Å². The number of carbonyl (C=O) groups is 1. The third kappa shape index (κ3) is 5.70. The Labute approximate surface area is 233 Å². The van der Waals surface area contributed by atoms with E-state index in [0.29, 0.717) is 16.9 Å². The number of hydrogen-bond donors (Lipinski definition) is 1. The van der Waals surface area contributed by atoms with E-state index in [2.05, 4.69) is 13.8 Å². The summed E-state index contributed by atoms with van der Waals surface area (Å²) < 4.78 is 57.3. The van der Waals surface area contributed by atoms with Crippen LogP contribution >= 0.6 is 0 Å². The average molecular weight is 553 g/mol. The van der Waals surface area contributed by atoms with Gasteiger partial charge in [0.05, 0.1) is 13.5 Å². The first-order valence-corrected chi connectivity index (χ1v) is 13.9. The van der Waals surface area contributed by atoms with Gasteiger partial charge < -0.3 is 14.6 Å². The van der Waals surface area contributed by atoms with Crippen molar-refractivity contribution in [3.05, 3.63) is 82.7 Å². The molecule has 1 N–H and O–H groups in total. The Balaban J connectivity index is 1.50. The van der Waals surface area contributed by atoms with Gasteiger partial charge in [-0.2, -0.15) is 0 Å². The zero-order valence-electron chi connectivity index (χ0n) is 23.1. The Bertz CT molecular complexity index is 1410. The molecule has 212 valence electrons. The molecule has 2 aliphatic carbocycles. The van der Waals surface area contributed by atoms with Gasteiger partial charge in [0.2, 0.25) is 0 Å². The molecule has 2 fully saturated rings. The summed E-state index contributed by atoms with van der Waals surface area (Å²) in [6.07, 6.45) is 4.49. The van der Waals surface area contributed by atoms with Crippen LogP contribution < -0.4 is 9.47 Å². The average Bonchev–Trinajstić information content (AvgIpc) is 3.70. The highest BCUT2D eigenvalue weighted by atomic mass is 19.1. The van der Waals surface area contributed by atoms with E-state index in [4.69, 9.17) is 9.47 Å². The molecule has 0 bridgehead atoms. The number of benzene rings is 3. The Morgan fingerprint density at radius 3 is 2.45 bits per heavy atom. The van der Waals surface area contributed by atoms with Crippen molar-refractivity contribution in [2.45, 2.75) is 70.8 Å². The molecule has 0 amide bonds. The van der Waals surface area contributed by atoms with Crippen LogP contribution in [0.1, 0.15) is 80.9 Å². The second kappa shape index (κ2) is 11.2. The van der Waals surface area contributed by atoms with E-state index in [-0.39, 0.29) is 47.2 Å². The minimum absolute atomic E-state index is 0.0430. The number of methoxy groups -OCH3 is 1. The summed E-state index contributed by atoms with van der Waals surface area (Å²) in [5, 5.41) is 9.34. The maximum Gasteiger partial charge on any atom is 0.303 e. The van der Waals surface area contributed by atoms with Gasteiger partial charge in [-0.1, -0.05) is 32.4 Å². The van der Waals surface area contributed by atoms with Crippen molar-refractivity contribution >= 4 is 5.97 Å². The quantitative estimate of drug-likeness (QED) is 0.274. The second-order valence-corrected chi connectivity index (χ2v) is 11.8. The fraction of sp³-hybridized carbons (Fsp3) is 0.424. The van der Waals surface area contributed by atoms with Gasteiger partial charge in [-0.3, -0.25) is 4.79 Å². The van der Waals surface area contributed by atoms with Crippen molar-refractivity contribution in [2.75, 3.05) is 7.11 Å². The van der Waals surface area contributed by atoms with Crippen molar-refractivity contribution in [1.82, 2.24) is 0 Å². The van der Waals surface area contributed by atoms with E-state index < -0.39 is 29.3 Å². The summed E-state index contributed by atoms with van der Waals surface area (Å²) in [7, 11) is 1.50. The second-order valence-electron chi connectivity index (χ2n) is 11.8. The van der Waals surface area contributed by atoms with Crippen LogP contribution in [0.15, 0.2) is 48.5 Å². The molecule has 0 radical (unpaired) electrons. The Kier molecular flexibility index (Phi) is 7.85. The lowest BCUT2D eigenvalue weighted by atomic mass is 9.75. The smallest absolute Gasteiger partial charge is 0.303 e. The molecule has 40 heavy (non-hydrogen) atoms. The van der Waals surface area contributed by atoms with Gasteiger partial charge >= 0.3 is 5.97 Å². The molecule has 0 heterocycles. The van der Waals surface area contributed by atoms with Crippen LogP contribution in [-0.2, 0) is 11.4 Å². The first-order valence-electron chi connectivity index (χ1n) is 13.9. The minimum atomic E-state index is -0.973. The zero-order chi connectivity index (χ0) is 28.6. The maximum absolute atomic E-state index is 15.6. The number of aliphatic carboxylic acids is 1. The first kappa shape index (κ1) is 28.1. The summed E-state index contributed by atoms with van der Waals surface area (Å²) in [4.78, 5) is 11.4. The summed E-state index contributed by atoms with van der Waals surface area (Å²) >= 11 is 0. The van der Waals surface area contributed by atoms with Crippen LogP contribution in [0.2, 0.25) is 0 Å². The lowest BCUT2D eigenvalue weighted by Gasteiger charge is -2.30. The molecule has 2 aliphatic rings. The molecule has 5 rings (SSSR count). The van der Waals surface area contributed by atoms with Gasteiger partial charge in [-0.15, -0.1) is 0 Å². The third-order valence-corrected chi connectivity index (χ3v) is 8.68. The molecule has 2 atom stereocenters. The largest absolute Gasteiger partial charge is 0.497 e. The molecule has 0 spiro atoms. The van der Waals surface area contributed by atoms with E-state index in [1.807, 2.05) is 0 Å². The van der Waals surface area contributed by atoms with Crippen LogP contribution in [0.4, 0.5) is 13.2 Å². The molecule has 3 aromatic carbocycles. The third-order valence-electron chi connectivity index (χ3n) is 8.68. The summed E-state index contributed by atoms with van der Waals surface area (Å²) in [5.74, 6) is -2.40. The van der Waals surface area contributed by atoms with Gasteiger partial charge in [-0.05, 0) is 96.0 Å². The van der Waals surface area contributed by atoms with Crippen LogP contribution in [0.25, 0.3) is 11.1 Å². The highest BCUT2D eigenvalue weighted by Crippen LogP contribution is 2.52. The summed E-state index contributed by atoms with van der Waals surface area (Å²) in [5.41, 5.74) is 2.08. The fourth-order valence-corrected chi connectivity index (χ4v) is 6.31. The molecule has 0 aromatic heterocycles. The molecule has 7 heteroatoms.